The third kappa shape index (κ3) is 8.29. The van der Waals surface area contributed by atoms with E-state index >= 15 is 0 Å². The topological polar surface area (TPSA) is 108 Å². The number of amides is 2. The molecule has 1 heterocycles. The first-order chi connectivity index (χ1) is 18.9. The molecule has 0 saturated carbocycles. The Labute approximate surface area is 229 Å². The van der Waals surface area contributed by atoms with Crippen LogP contribution in [-0.2, 0) is 16.1 Å². The van der Waals surface area contributed by atoms with Crippen molar-refractivity contribution in [2.24, 2.45) is 5.92 Å². The fourth-order valence-corrected chi connectivity index (χ4v) is 5.05. The standard InChI is InChI=1S/C31H37N3O5/c1-39-27-10-9-24-19-26(8-7-25(24)20-27)30(36)33-28(31(37)38)11-12-29(35)32-16-13-22-14-17-34(18-15-22)21-23-5-3-2-4-6-23/h2-10,19-20,22,28H,11-18,21H2,1H3,(H,32,35)(H,33,36)(H,37,38)/t28-/m0/s1. The van der Waals surface area contributed by atoms with Crippen molar-refractivity contribution in [2.45, 2.75) is 44.7 Å². The lowest BCUT2D eigenvalue weighted by Crippen LogP contribution is -2.41. The third-order valence-corrected chi connectivity index (χ3v) is 7.40. The summed E-state index contributed by atoms with van der Waals surface area (Å²) in [5.74, 6) is -0.556. The van der Waals surface area contributed by atoms with Crippen LogP contribution in [0.1, 0.15) is 48.0 Å². The van der Waals surface area contributed by atoms with E-state index in [4.69, 9.17) is 4.74 Å². The summed E-state index contributed by atoms with van der Waals surface area (Å²) in [6.07, 6.45) is 3.19. The summed E-state index contributed by atoms with van der Waals surface area (Å²) in [5.41, 5.74) is 1.69. The summed E-state index contributed by atoms with van der Waals surface area (Å²) in [7, 11) is 1.59. The van der Waals surface area contributed by atoms with Crippen LogP contribution in [0.25, 0.3) is 10.8 Å². The Morgan fingerprint density at radius 1 is 1.00 bits per heavy atom. The maximum absolute atomic E-state index is 12.7. The number of aliphatic carboxylic acids is 1. The average molecular weight is 532 g/mol. The summed E-state index contributed by atoms with van der Waals surface area (Å²) >= 11 is 0. The Balaban J connectivity index is 1.17. The largest absolute Gasteiger partial charge is 0.497 e. The van der Waals surface area contributed by atoms with Crippen molar-refractivity contribution in [1.82, 2.24) is 15.5 Å². The first-order valence-electron chi connectivity index (χ1n) is 13.6. The maximum Gasteiger partial charge on any atom is 0.326 e. The molecule has 206 valence electrons. The van der Waals surface area contributed by atoms with Gasteiger partial charge in [-0.05, 0) is 85.3 Å². The number of hydrogen-bond donors (Lipinski definition) is 3. The molecule has 0 bridgehead atoms. The summed E-state index contributed by atoms with van der Waals surface area (Å²) < 4.78 is 5.22. The highest BCUT2D eigenvalue weighted by Crippen LogP contribution is 2.23. The molecule has 3 N–H and O–H groups in total. The van der Waals surface area contributed by atoms with Crippen LogP contribution in [0.15, 0.2) is 66.7 Å². The van der Waals surface area contributed by atoms with Crippen molar-refractivity contribution in [3.05, 3.63) is 77.9 Å². The Morgan fingerprint density at radius 2 is 1.72 bits per heavy atom. The fourth-order valence-electron chi connectivity index (χ4n) is 5.05. The first kappa shape index (κ1) is 28.1. The number of fused-ring (bicyclic) bond motifs is 1. The number of nitrogens with zero attached hydrogens (tertiary/aromatic N) is 1. The second-order valence-electron chi connectivity index (χ2n) is 10.2. The summed E-state index contributed by atoms with van der Waals surface area (Å²) in [4.78, 5) is 39.4. The molecule has 8 heteroatoms. The predicted octanol–water partition coefficient (Wildman–Crippen LogP) is 4.23. The van der Waals surface area contributed by atoms with Crippen molar-refractivity contribution in [3.8, 4) is 5.75 Å². The predicted molar refractivity (Wildman–Crippen MR) is 151 cm³/mol. The molecule has 0 aliphatic carbocycles. The van der Waals surface area contributed by atoms with Gasteiger partial charge in [-0.1, -0.05) is 42.5 Å². The van der Waals surface area contributed by atoms with E-state index in [9.17, 15) is 19.5 Å². The zero-order valence-corrected chi connectivity index (χ0v) is 22.4. The van der Waals surface area contributed by atoms with Crippen LogP contribution in [0, 0.1) is 5.92 Å². The van der Waals surface area contributed by atoms with Gasteiger partial charge in [0, 0.05) is 25.1 Å². The molecule has 8 nitrogen and oxygen atoms in total. The number of carbonyl (C=O) groups excluding carboxylic acids is 2. The number of benzene rings is 3. The van der Waals surface area contributed by atoms with Crippen molar-refractivity contribution < 1.29 is 24.2 Å². The Bertz CT molecular complexity index is 1270. The molecule has 3 aromatic carbocycles. The Hall–Kier alpha value is -3.91. The molecule has 2 amide bonds. The highest BCUT2D eigenvalue weighted by atomic mass is 16.5. The molecule has 1 atom stereocenters. The van der Waals surface area contributed by atoms with Gasteiger partial charge >= 0.3 is 5.97 Å². The lowest BCUT2D eigenvalue weighted by molar-refractivity contribution is -0.139. The number of likely N-dealkylation sites (tertiary alicyclic amines) is 1. The molecular formula is C31H37N3O5. The lowest BCUT2D eigenvalue weighted by atomic mass is 9.93. The molecule has 0 unspecified atom stereocenters. The van der Waals surface area contributed by atoms with Gasteiger partial charge in [0.1, 0.15) is 11.8 Å². The van der Waals surface area contributed by atoms with Crippen molar-refractivity contribution in [2.75, 3.05) is 26.7 Å². The highest BCUT2D eigenvalue weighted by molar-refractivity contribution is 6.00. The van der Waals surface area contributed by atoms with Gasteiger partial charge in [-0.25, -0.2) is 4.79 Å². The number of carbonyl (C=O) groups is 3. The SMILES string of the molecule is COc1ccc2cc(C(=O)N[C@@H](CCC(=O)NCCC3CCN(Cc4ccccc4)CC3)C(=O)O)ccc2c1. The van der Waals surface area contributed by atoms with Crippen molar-refractivity contribution >= 4 is 28.6 Å². The van der Waals surface area contributed by atoms with Gasteiger partial charge < -0.3 is 20.5 Å². The molecular weight excluding hydrogens is 494 g/mol. The zero-order valence-electron chi connectivity index (χ0n) is 22.4. The van der Waals surface area contributed by atoms with Crippen molar-refractivity contribution in [1.29, 1.82) is 0 Å². The van der Waals surface area contributed by atoms with Gasteiger partial charge in [0.05, 0.1) is 7.11 Å². The number of carboxylic acids is 1. The quantitative estimate of drug-likeness (QED) is 0.323. The molecule has 3 aromatic rings. The molecule has 1 aliphatic heterocycles. The Kier molecular flexibility index (Phi) is 9.91. The number of rotatable bonds is 12. The molecule has 4 rings (SSSR count). The van der Waals surface area contributed by atoms with Gasteiger partial charge in [0.25, 0.3) is 5.91 Å². The van der Waals surface area contributed by atoms with Gasteiger partial charge in [0.15, 0.2) is 0 Å². The molecule has 1 fully saturated rings. The number of piperidine rings is 1. The monoisotopic (exact) mass is 531 g/mol. The van der Waals surface area contributed by atoms with Gasteiger partial charge in [-0.15, -0.1) is 0 Å². The number of carboxylic acid groups (broad SMARTS) is 1. The van der Waals surface area contributed by atoms with Gasteiger partial charge in [-0.2, -0.15) is 0 Å². The van der Waals surface area contributed by atoms with Crippen LogP contribution in [0.3, 0.4) is 0 Å². The van der Waals surface area contributed by atoms with Crippen LogP contribution < -0.4 is 15.4 Å². The smallest absolute Gasteiger partial charge is 0.326 e. The van der Waals surface area contributed by atoms with E-state index < -0.39 is 17.9 Å². The van der Waals surface area contributed by atoms with Crippen LogP contribution in [0.4, 0.5) is 0 Å². The second-order valence-corrected chi connectivity index (χ2v) is 10.2. The number of ether oxygens (including phenoxy) is 1. The number of hydrogen-bond acceptors (Lipinski definition) is 5. The van der Waals surface area contributed by atoms with E-state index in [0.717, 1.165) is 49.7 Å². The minimum Gasteiger partial charge on any atom is -0.497 e. The number of nitrogens with one attached hydrogen (secondary N) is 2. The average Bonchev–Trinajstić information content (AvgIpc) is 2.95. The summed E-state index contributed by atoms with van der Waals surface area (Å²) in [6.45, 7) is 3.66. The van der Waals surface area contributed by atoms with E-state index in [0.29, 0.717) is 23.8 Å². The highest BCUT2D eigenvalue weighted by Gasteiger charge is 2.23. The van der Waals surface area contributed by atoms with Crippen LogP contribution in [0.2, 0.25) is 0 Å². The van der Waals surface area contributed by atoms with E-state index in [1.807, 2.05) is 18.2 Å². The van der Waals surface area contributed by atoms with Gasteiger partial charge in [-0.3, -0.25) is 14.5 Å². The summed E-state index contributed by atoms with van der Waals surface area (Å²) in [6, 6.07) is 20.0. The zero-order chi connectivity index (χ0) is 27.6. The van der Waals surface area contributed by atoms with Crippen LogP contribution >= 0.6 is 0 Å². The first-order valence-corrected chi connectivity index (χ1v) is 13.6. The minimum atomic E-state index is -1.16. The van der Waals surface area contributed by atoms with E-state index in [-0.39, 0.29) is 18.7 Å². The summed E-state index contributed by atoms with van der Waals surface area (Å²) in [5, 5.41) is 16.8. The van der Waals surface area contributed by atoms with Crippen LogP contribution in [-0.4, -0.2) is 60.6 Å². The second kappa shape index (κ2) is 13.8. The molecule has 0 aromatic heterocycles. The van der Waals surface area contributed by atoms with E-state index in [1.165, 1.54) is 5.56 Å². The van der Waals surface area contributed by atoms with E-state index in [1.54, 1.807) is 31.4 Å². The van der Waals surface area contributed by atoms with Gasteiger partial charge in [0.2, 0.25) is 5.91 Å². The number of methoxy groups -OCH3 is 1. The molecule has 0 radical (unpaired) electrons. The maximum atomic E-state index is 12.7. The molecule has 39 heavy (non-hydrogen) atoms. The van der Waals surface area contributed by atoms with Crippen LogP contribution in [0.5, 0.6) is 5.75 Å². The Morgan fingerprint density at radius 3 is 2.44 bits per heavy atom. The van der Waals surface area contributed by atoms with Crippen molar-refractivity contribution in [3.63, 3.8) is 0 Å². The molecule has 0 spiro atoms. The normalized spacial score (nSPS) is 15.0. The third-order valence-electron chi connectivity index (χ3n) is 7.40. The minimum absolute atomic E-state index is 0.0234. The van der Waals surface area contributed by atoms with E-state index in [2.05, 4.69) is 39.8 Å². The molecule has 1 aliphatic rings. The molecule has 1 saturated heterocycles. The lowest BCUT2D eigenvalue weighted by Gasteiger charge is -2.32. The fraction of sp³-hybridized carbons (Fsp3) is 0.387.